The van der Waals surface area contributed by atoms with E-state index in [1.165, 1.54) is 5.56 Å². The number of carbonyl (C=O) groups is 1. The number of rotatable bonds is 6. The van der Waals surface area contributed by atoms with Crippen molar-refractivity contribution in [2.75, 3.05) is 19.7 Å². The summed E-state index contributed by atoms with van der Waals surface area (Å²) in [5, 5.41) is 6.34. The SMILES string of the molecule is Cc1ccc(OCC(C)NC(=O)CC2CCNCC2)cc1. The van der Waals surface area contributed by atoms with Crippen LogP contribution in [-0.4, -0.2) is 31.6 Å². The van der Waals surface area contributed by atoms with E-state index in [1.54, 1.807) is 0 Å². The average Bonchev–Trinajstić information content (AvgIpc) is 2.47. The molecule has 1 aliphatic heterocycles. The molecular weight excluding hydrogens is 264 g/mol. The van der Waals surface area contributed by atoms with Gasteiger partial charge in [-0.05, 0) is 57.8 Å². The first-order valence-corrected chi connectivity index (χ1v) is 7.83. The summed E-state index contributed by atoms with van der Waals surface area (Å²) < 4.78 is 5.69. The summed E-state index contributed by atoms with van der Waals surface area (Å²) in [4.78, 5) is 12.0. The van der Waals surface area contributed by atoms with Crippen LogP contribution in [0.5, 0.6) is 5.75 Å². The Morgan fingerprint density at radius 1 is 1.33 bits per heavy atom. The summed E-state index contributed by atoms with van der Waals surface area (Å²) in [6.45, 7) is 6.59. The second-order valence-corrected chi connectivity index (χ2v) is 5.99. The van der Waals surface area contributed by atoms with E-state index < -0.39 is 0 Å². The minimum atomic E-state index is 0.0283. The van der Waals surface area contributed by atoms with Crippen molar-refractivity contribution in [1.82, 2.24) is 10.6 Å². The van der Waals surface area contributed by atoms with E-state index in [0.29, 0.717) is 18.9 Å². The second-order valence-electron chi connectivity index (χ2n) is 5.99. The number of amides is 1. The van der Waals surface area contributed by atoms with Crippen molar-refractivity contribution < 1.29 is 9.53 Å². The molecule has 1 aromatic rings. The second kappa shape index (κ2) is 8.03. The maximum absolute atomic E-state index is 12.0. The zero-order chi connectivity index (χ0) is 15.1. The lowest BCUT2D eigenvalue weighted by molar-refractivity contribution is -0.123. The molecule has 1 aromatic carbocycles. The van der Waals surface area contributed by atoms with Crippen LogP contribution in [0, 0.1) is 12.8 Å². The Morgan fingerprint density at radius 2 is 2.00 bits per heavy atom. The summed E-state index contributed by atoms with van der Waals surface area (Å²) in [6, 6.07) is 7.99. The van der Waals surface area contributed by atoms with Crippen LogP contribution in [0.2, 0.25) is 0 Å². The highest BCUT2D eigenvalue weighted by atomic mass is 16.5. The highest BCUT2D eigenvalue weighted by molar-refractivity contribution is 5.76. The zero-order valence-electron chi connectivity index (χ0n) is 13.0. The lowest BCUT2D eigenvalue weighted by Crippen LogP contribution is -2.39. The van der Waals surface area contributed by atoms with Crippen molar-refractivity contribution in [1.29, 1.82) is 0 Å². The Kier molecular flexibility index (Phi) is 6.05. The molecule has 0 aromatic heterocycles. The molecule has 4 heteroatoms. The molecule has 2 rings (SSSR count). The van der Waals surface area contributed by atoms with Crippen LogP contribution in [0.1, 0.15) is 31.7 Å². The average molecular weight is 290 g/mol. The number of hydrogen-bond acceptors (Lipinski definition) is 3. The molecule has 1 unspecified atom stereocenters. The Balaban J connectivity index is 1.67. The van der Waals surface area contributed by atoms with Gasteiger partial charge in [0, 0.05) is 6.42 Å². The Hall–Kier alpha value is -1.55. The van der Waals surface area contributed by atoms with E-state index in [1.807, 2.05) is 38.1 Å². The Labute approximate surface area is 127 Å². The van der Waals surface area contributed by atoms with Crippen molar-refractivity contribution >= 4 is 5.91 Å². The molecule has 1 atom stereocenters. The molecule has 1 aliphatic rings. The lowest BCUT2D eigenvalue weighted by Gasteiger charge is -2.23. The topological polar surface area (TPSA) is 50.4 Å². The van der Waals surface area contributed by atoms with Crippen LogP contribution in [-0.2, 0) is 4.79 Å². The fourth-order valence-corrected chi connectivity index (χ4v) is 2.58. The van der Waals surface area contributed by atoms with Crippen LogP contribution in [0.15, 0.2) is 24.3 Å². The van der Waals surface area contributed by atoms with Crippen molar-refractivity contribution in [2.24, 2.45) is 5.92 Å². The van der Waals surface area contributed by atoms with Gasteiger partial charge in [0.15, 0.2) is 0 Å². The van der Waals surface area contributed by atoms with Crippen LogP contribution >= 0.6 is 0 Å². The maximum atomic E-state index is 12.0. The quantitative estimate of drug-likeness (QED) is 0.845. The number of ether oxygens (including phenoxy) is 1. The smallest absolute Gasteiger partial charge is 0.220 e. The highest BCUT2D eigenvalue weighted by Gasteiger charge is 2.17. The van der Waals surface area contributed by atoms with Gasteiger partial charge in [-0.25, -0.2) is 0 Å². The lowest BCUT2D eigenvalue weighted by atomic mass is 9.94. The predicted octanol–water partition coefficient (Wildman–Crippen LogP) is 2.27. The summed E-state index contributed by atoms with van der Waals surface area (Å²) in [7, 11) is 0. The van der Waals surface area contributed by atoms with Crippen molar-refractivity contribution in [3.8, 4) is 5.75 Å². The predicted molar refractivity (Wildman–Crippen MR) is 84.5 cm³/mol. The normalized spacial score (nSPS) is 17.2. The first-order chi connectivity index (χ1) is 10.1. The first kappa shape index (κ1) is 15.8. The third-order valence-corrected chi connectivity index (χ3v) is 3.86. The van der Waals surface area contributed by atoms with Gasteiger partial charge in [-0.1, -0.05) is 17.7 Å². The molecule has 4 nitrogen and oxygen atoms in total. The van der Waals surface area contributed by atoms with Gasteiger partial charge in [-0.15, -0.1) is 0 Å². The van der Waals surface area contributed by atoms with Gasteiger partial charge in [-0.2, -0.15) is 0 Å². The van der Waals surface area contributed by atoms with E-state index in [-0.39, 0.29) is 11.9 Å². The number of hydrogen-bond donors (Lipinski definition) is 2. The molecule has 1 amide bonds. The van der Waals surface area contributed by atoms with E-state index >= 15 is 0 Å². The number of carbonyl (C=O) groups excluding carboxylic acids is 1. The van der Waals surface area contributed by atoms with Crippen LogP contribution in [0.3, 0.4) is 0 Å². The molecule has 1 fully saturated rings. The van der Waals surface area contributed by atoms with Crippen LogP contribution in [0.4, 0.5) is 0 Å². The molecule has 116 valence electrons. The summed E-state index contributed by atoms with van der Waals surface area (Å²) in [6.07, 6.45) is 2.83. The number of nitrogens with one attached hydrogen (secondary N) is 2. The first-order valence-electron chi connectivity index (χ1n) is 7.83. The molecule has 1 heterocycles. The third kappa shape index (κ3) is 5.76. The molecule has 0 radical (unpaired) electrons. The minimum absolute atomic E-state index is 0.0283. The molecule has 21 heavy (non-hydrogen) atoms. The van der Waals surface area contributed by atoms with Gasteiger partial charge in [0.05, 0.1) is 6.04 Å². The van der Waals surface area contributed by atoms with Crippen LogP contribution in [0.25, 0.3) is 0 Å². The molecule has 2 N–H and O–H groups in total. The number of piperidine rings is 1. The number of aryl methyl sites for hydroxylation is 1. The molecule has 1 saturated heterocycles. The largest absolute Gasteiger partial charge is 0.491 e. The monoisotopic (exact) mass is 290 g/mol. The van der Waals surface area contributed by atoms with Crippen molar-refractivity contribution in [3.63, 3.8) is 0 Å². The number of benzene rings is 1. The van der Waals surface area contributed by atoms with E-state index in [4.69, 9.17) is 4.74 Å². The van der Waals surface area contributed by atoms with Gasteiger partial charge in [0.25, 0.3) is 0 Å². The minimum Gasteiger partial charge on any atom is -0.491 e. The summed E-state index contributed by atoms with van der Waals surface area (Å²) >= 11 is 0. The van der Waals surface area contributed by atoms with E-state index in [2.05, 4.69) is 10.6 Å². The summed E-state index contributed by atoms with van der Waals surface area (Å²) in [5.74, 6) is 1.51. The Bertz CT molecular complexity index is 439. The standard InChI is InChI=1S/C17H26N2O2/c1-13-3-5-16(6-4-13)21-12-14(2)19-17(20)11-15-7-9-18-10-8-15/h3-6,14-15,18H,7-12H2,1-2H3,(H,19,20). The van der Waals surface area contributed by atoms with Gasteiger partial charge >= 0.3 is 0 Å². The Morgan fingerprint density at radius 3 is 2.67 bits per heavy atom. The third-order valence-electron chi connectivity index (χ3n) is 3.86. The summed E-state index contributed by atoms with van der Waals surface area (Å²) in [5.41, 5.74) is 1.21. The zero-order valence-corrected chi connectivity index (χ0v) is 13.0. The molecular formula is C17H26N2O2. The van der Waals surface area contributed by atoms with Gasteiger partial charge in [-0.3, -0.25) is 4.79 Å². The molecule has 0 aliphatic carbocycles. The van der Waals surface area contributed by atoms with Gasteiger partial charge in [0.2, 0.25) is 5.91 Å². The van der Waals surface area contributed by atoms with E-state index in [9.17, 15) is 4.79 Å². The van der Waals surface area contributed by atoms with E-state index in [0.717, 1.165) is 31.7 Å². The van der Waals surface area contributed by atoms with Gasteiger partial charge < -0.3 is 15.4 Å². The fourth-order valence-electron chi connectivity index (χ4n) is 2.58. The fraction of sp³-hybridized carbons (Fsp3) is 0.588. The van der Waals surface area contributed by atoms with Gasteiger partial charge in [0.1, 0.15) is 12.4 Å². The van der Waals surface area contributed by atoms with Crippen molar-refractivity contribution in [3.05, 3.63) is 29.8 Å². The van der Waals surface area contributed by atoms with Crippen LogP contribution < -0.4 is 15.4 Å². The maximum Gasteiger partial charge on any atom is 0.220 e. The highest BCUT2D eigenvalue weighted by Crippen LogP contribution is 2.15. The molecule has 0 bridgehead atoms. The van der Waals surface area contributed by atoms with Crippen molar-refractivity contribution in [2.45, 2.75) is 39.2 Å². The molecule has 0 saturated carbocycles. The molecule has 0 spiro atoms.